The van der Waals surface area contributed by atoms with E-state index in [2.05, 4.69) is 4.98 Å². The van der Waals surface area contributed by atoms with Crippen molar-refractivity contribution in [3.05, 3.63) is 47.0 Å². The van der Waals surface area contributed by atoms with Crippen molar-refractivity contribution < 1.29 is 22.7 Å². The van der Waals surface area contributed by atoms with Gasteiger partial charge >= 0.3 is 6.18 Å². The van der Waals surface area contributed by atoms with Crippen LogP contribution in [0.2, 0.25) is 0 Å². The second kappa shape index (κ2) is 6.19. The minimum atomic E-state index is -4.46. The number of ether oxygens (including phenoxy) is 1. The van der Waals surface area contributed by atoms with Gasteiger partial charge in [0.25, 0.3) is 11.1 Å². The molecule has 4 nitrogen and oxygen atoms in total. The number of aromatic nitrogens is 1. The van der Waals surface area contributed by atoms with Crippen molar-refractivity contribution in [3.63, 3.8) is 0 Å². The summed E-state index contributed by atoms with van der Waals surface area (Å²) in [6.45, 7) is 0.791. The lowest BCUT2D eigenvalue weighted by molar-refractivity contribution is -0.137. The molecule has 0 spiro atoms. The van der Waals surface area contributed by atoms with Gasteiger partial charge in [0.2, 0.25) is 0 Å². The van der Waals surface area contributed by atoms with Crippen molar-refractivity contribution in [2.24, 2.45) is 0 Å². The molecular formula is C15H13F3N2O2S. The topological polar surface area (TPSA) is 42.4 Å². The first-order chi connectivity index (χ1) is 10.9. The molecule has 2 aromatic rings. The van der Waals surface area contributed by atoms with Crippen molar-refractivity contribution in [2.75, 3.05) is 13.1 Å². The molecule has 23 heavy (non-hydrogen) atoms. The molecule has 122 valence electrons. The summed E-state index contributed by atoms with van der Waals surface area (Å²) in [5, 5.41) is 2.32. The number of rotatable bonds is 3. The van der Waals surface area contributed by atoms with E-state index in [1.165, 1.54) is 28.4 Å². The second-order valence-corrected chi connectivity index (χ2v) is 6.01. The van der Waals surface area contributed by atoms with E-state index in [0.29, 0.717) is 24.7 Å². The maximum atomic E-state index is 12.7. The van der Waals surface area contributed by atoms with E-state index in [-0.39, 0.29) is 11.7 Å². The Balaban J connectivity index is 1.67. The van der Waals surface area contributed by atoms with Crippen LogP contribution in [0.3, 0.4) is 0 Å². The molecule has 0 bridgehead atoms. The van der Waals surface area contributed by atoms with Gasteiger partial charge in [-0.3, -0.25) is 4.79 Å². The van der Waals surface area contributed by atoms with E-state index < -0.39 is 17.6 Å². The Morgan fingerprint density at radius 1 is 1.39 bits per heavy atom. The molecule has 1 saturated heterocycles. The molecule has 1 fully saturated rings. The molecule has 1 unspecified atom stereocenters. The van der Waals surface area contributed by atoms with E-state index in [9.17, 15) is 18.0 Å². The van der Waals surface area contributed by atoms with Gasteiger partial charge in [-0.25, -0.2) is 4.98 Å². The molecule has 1 atom stereocenters. The molecule has 1 aromatic heterocycles. The van der Waals surface area contributed by atoms with Gasteiger partial charge in [-0.15, -0.1) is 0 Å². The predicted octanol–water partition coefficient (Wildman–Crippen LogP) is 3.46. The molecule has 0 N–H and O–H groups in total. The van der Waals surface area contributed by atoms with Gasteiger partial charge in [0, 0.05) is 30.1 Å². The van der Waals surface area contributed by atoms with Gasteiger partial charge in [0.05, 0.1) is 12.1 Å². The van der Waals surface area contributed by atoms with E-state index in [0.717, 1.165) is 12.1 Å². The monoisotopic (exact) mass is 342 g/mol. The number of nitrogens with zero attached hydrogens (tertiary/aromatic N) is 2. The summed E-state index contributed by atoms with van der Waals surface area (Å²) in [6, 6.07) is 4.48. The Kier molecular flexibility index (Phi) is 4.25. The lowest BCUT2D eigenvalue weighted by Crippen LogP contribution is -2.31. The van der Waals surface area contributed by atoms with Gasteiger partial charge in [-0.2, -0.15) is 13.2 Å². The second-order valence-electron chi connectivity index (χ2n) is 5.16. The van der Waals surface area contributed by atoms with E-state index in [1.54, 1.807) is 11.6 Å². The van der Waals surface area contributed by atoms with Crippen molar-refractivity contribution in [3.8, 4) is 5.19 Å². The zero-order chi connectivity index (χ0) is 16.4. The normalized spacial score (nSPS) is 18.2. The highest BCUT2D eigenvalue weighted by molar-refractivity contribution is 7.11. The Bertz CT molecular complexity index is 688. The number of hydrogen-bond acceptors (Lipinski definition) is 4. The summed E-state index contributed by atoms with van der Waals surface area (Å²) in [6.07, 6.45) is -2.39. The summed E-state index contributed by atoms with van der Waals surface area (Å²) >= 11 is 1.36. The van der Waals surface area contributed by atoms with Gasteiger partial charge in [0.15, 0.2) is 0 Å². The van der Waals surface area contributed by atoms with Crippen LogP contribution >= 0.6 is 11.3 Å². The third kappa shape index (κ3) is 3.64. The molecule has 1 amide bonds. The fourth-order valence-electron chi connectivity index (χ4n) is 2.43. The SMILES string of the molecule is O=C(c1cccc(C(F)(F)F)c1)N1CCC(Oc2nccs2)C1. The Hall–Kier alpha value is -2.09. The quantitative estimate of drug-likeness (QED) is 0.858. The Morgan fingerprint density at radius 3 is 2.91 bits per heavy atom. The molecule has 1 aliphatic rings. The molecule has 8 heteroatoms. The lowest BCUT2D eigenvalue weighted by Gasteiger charge is -2.17. The van der Waals surface area contributed by atoms with Crippen molar-refractivity contribution in [1.29, 1.82) is 0 Å². The van der Waals surface area contributed by atoms with E-state index in [1.807, 2.05) is 0 Å². The molecule has 2 heterocycles. The zero-order valence-corrected chi connectivity index (χ0v) is 12.7. The minimum Gasteiger partial charge on any atom is -0.465 e. The van der Waals surface area contributed by atoms with Gasteiger partial charge in [-0.05, 0) is 18.2 Å². The number of carbonyl (C=O) groups excluding carboxylic acids is 1. The minimum absolute atomic E-state index is 0.0368. The average Bonchev–Trinajstić information content (AvgIpc) is 3.18. The number of halogens is 3. The standard InChI is InChI=1S/C15H13F3N2O2S/c16-15(17,18)11-3-1-2-10(8-11)13(21)20-6-4-12(9-20)22-14-19-5-7-23-14/h1-3,5,7-8,12H,4,6,9H2. The number of alkyl halides is 3. The fourth-order valence-corrected chi connectivity index (χ4v) is 2.98. The van der Waals surface area contributed by atoms with Crippen LogP contribution in [0.5, 0.6) is 5.19 Å². The largest absolute Gasteiger partial charge is 0.465 e. The highest BCUT2D eigenvalue weighted by Gasteiger charge is 2.33. The van der Waals surface area contributed by atoms with Gasteiger partial charge < -0.3 is 9.64 Å². The number of thiazole rings is 1. The van der Waals surface area contributed by atoms with Gasteiger partial charge in [-0.1, -0.05) is 17.4 Å². The third-order valence-electron chi connectivity index (χ3n) is 3.55. The zero-order valence-electron chi connectivity index (χ0n) is 11.9. The van der Waals surface area contributed by atoms with E-state index in [4.69, 9.17) is 4.74 Å². The predicted molar refractivity (Wildman–Crippen MR) is 78.5 cm³/mol. The molecular weight excluding hydrogens is 329 g/mol. The fraction of sp³-hybridized carbons (Fsp3) is 0.333. The van der Waals surface area contributed by atoms with Crippen LogP contribution in [0.4, 0.5) is 13.2 Å². The number of hydrogen-bond donors (Lipinski definition) is 0. The van der Waals surface area contributed by atoms with Crippen LogP contribution in [0.15, 0.2) is 35.8 Å². The van der Waals surface area contributed by atoms with Crippen LogP contribution in [0.1, 0.15) is 22.3 Å². The number of benzene rings is 1. The first-order valence-corrected chi connectivity index (χ1v) is 7.84. The van der Waals surface area contributed by atoms with Crippen molar-refractivity contribution in [1.82, 2.24) is 9.88 Å². The van der Waals surface area contributed by atoms with Crippen LogP contribution in [-0.4, -0.2) is 35.0 Å². The third-order valence-corrected chi connectivity index (χ3v) is 4.21. The summed E-state index contributed by atoms with van der Waals surface area (Å²) in [5.74, 6) is -0.415. The average molecular weight is 342 g/mol. The molecule has 1 aromatic carbocycles. The first-order valence-electron chi connectivity index (χ1n) is 6.96. The van der Waals surface area contributed by atoms with Crippen LogP contribution < -0.4 is 4.74 Å². The molecule has 3 rings (SSSR count). The summed E-state index contributed by atoms with van der Waals surface area (Å²) < 4.78 is 43.8. The Labute approximate surface area is 134 Å². The molecule has 0 saturated carbocycles. The lowest BCUT2D eigenvalue weighted by atomic mass is 10.1. The highest BCUT2D eigenvalue weighted by Crippen LogP contribution is 2.30. The Morgan fingerprint density at radius 2 is 2.22 bits per heavy atom. The number of amides is 1. The maximum absolute atomic E-state index is 12.7. The smallest absolute Gasteiger partial charge is 0.416 e. The van der Waals surface area contributed by atoms with E-state index >= 15 is 0 Å². The number of carbonyl (C=O) groups is 1. The van der Waals surface area contributed by atoms with Crippen molar-refractivity contribution >= 4 is 17.2 Å². The summed E-state index contributed by atoms with van der Waals surface area (Å²) in [7, 11) is 0. The van der Waals surface area contributed by atoms with Crippen LogP contribution in [0, 0.1) is 0 Å². The summed E-state index contributed by atoms with van der Waals surface area (Å²) in [4.78, 5) is 17.9. The van der Waals surface area contributed by atoms with Gasteiger partial charge in [0.1, 0.15) is 6.10 Å². The van der Waals surface area contributed by atoms with Crippen LogP contribution in [0.25, 0.3) is 0 Å². The van der Waals surface area contributed by atoms with Crippen LogP contribution in [-0.2, 0) is 6.18 Å². The highest BCUT2D eigenvalue weighted by atomic mass is 32.1. The first kappa shape index (κ1) is 15.8. The molecule has 0 aliphatic carbocycles. The molecule has 0 radical (unpaired) electrons. The maximum Gasteiger partial charge on any atom is 0.416 e. The number of likely N-dealkylation sites (tertiary alicyclic amines) is 1. The summed E-state index contributed by atoms with van der Waals surface area (Å²) in [5.41, 5.74) is -0.784. The van der Waals surface area contributed by atoms with Crippen molar-refractivity contribution in [2.45, 2.75) is 18.7 Å². The molecule has 1 aliphatic heterocycles.